The van der Waals surface area contributed by atoms with Crippen molar-refractivity contribution in [3.63, 3.8) is 0 Å². The molecule has 1 unspecified atom stereocenters. The number of rotatable bonds is 7. The highest BCUT2D eigenvalue weighted by molar-refractivity contribution is 7.80. The van der Waals surface area contributed by atoms with E-state index in [1.54, 1.807) is 7.11 Å². The summed E-state index contributed by atoms with van der Waals surface area (Å²) in [5.74, 6) is 2.43. The zero-order valence-electron chi connectivity index (χ0n) is 18.8. The number of ether oxygens (including phenoxy) is 1. The number of thiocarbonyl (C=S) groups is 1. The van der Waals surface area contributed by atoms with Crippen molar-refractivity contribution in [3.8, 4) is 17.1 Å². The Morgan fingerprint density at radius 1 is 1.12 bits per heavy atom. The van der Waals surface area contributed by atoms with Gasteiger partial charge in [-0.1, -0.05) is 61.5 Å². The number of allylic oxidation sites excluding steroid dienone is 1. The fraction of sp³-hybridized carbons (Fsp3) is 0.320. The average molecular weight is 449 g/mol. The van der Waals surface area contributed by atoms with Gasteiger partial charge in [-0.05, 0) is 49.2 Å². The number of aromatic nitrogens is 2. The zero-order chi connectivity index (χ0) is 22.7. The molecular formula is C25H28N4O2S. The van der Waals surface area contributed by atoms with Gasteiger partial charge in [0, 0.05) is 17.8 Å². The molecule has 0 spiro atoms. The molecule has 0 radical (unpaired) electrons. The van der Waals surface area contributed by atoms with Crippen molar-refractivity contribution in [2.45, 2.75) is 33.2 Å². The lowest BCUT2D eigenvalue weighted by molar-refractivity contribution is 0.390. The second kappa shape index (κ2) is 9.53. The first-order valence-electron chi connectivity index (χ1n) is 10.8. The highest BCUT2D eigenvalue weighted by atomic mass is 32.1. The van der Waals surface area contributed by atoms with Crippen LogP contribution >= 0.6 is 12.2 Å². The van der Waals surface area contributed by atoms with Crippen molar-refractivity contribution in [2.75, 3.05) is 13.7 Å². The molecule has 2 aromatic carbocycles. The summed E-state index contributed by atoms with van der Waals surface area (Å²) >= 11 is 5.76. The summed E-state index contributed by atoms with van der Waals surface area (Å²) in [4.78, 5) is 6.88. The van der Waals surface area contributed by atoms with E-state index in [9.17, 15) is 0 Å². The van der Waals surface area contributed by atoms with Gasteiger partial charge in [0.2, 0.25) is 5.82 Å². The third kappa shape index (κ3) is 4.53. The number of nitrogens with one attached hydrogen (secondary N) is 1. The number of hydrogen-bond acceptors (Lipinski definition) is 5. The molecule has 6 nitrogen and oxygen atoms in total. The van der Waals surface area contributed by atoms with Gasteiger partial charge in [0.05, 0.1) is 18.7 Å². The van der Waals surface area contributed by atoms with Gasteiger partial charge < -0.3 is 19.5 Å². The van der Waals surface area contributed by atoms with Crippen LogP contribution in [0.3, 0.4) is 0 Å². The van der Waals surface area contributed by atoms with Gasteiger partial charge in [0.25, 0.3) is 5.89 Å². The first-order chi connectivity index (χ1) is 15.5. The monoisotopic (exact) mass is 448 g/mol. The largest absolute Gasteiger partial charge is 0.497 e. The topological polar surface area (TPSA) is 63.4 Å². The number of benzene rings is 2. The molecule has 3 aromatic rings. The molecule has 0 saturated heterocycles. The van der Waals surface area contributed by atoms with Gasteiger partial charge in [-0.2, -0.15) is 4.98 Å². The molecule has 0 amide bonds. The van der Waals surface area contributed by atoms with Crippen LogP contribution in [0.2, 0.25) is 0 Å². The Labute approximate surface area is 194 Å². The molecule has 1 aliphatic rings. The molecule has 7 heteroatoms. The smallest absolute Gasteiger partial charge is 0.258 e. The molecule has 32 heavy (non-hydrogen) atoms. The first-order valence-corrected chi connectivity index (χ1v) is 11.2. The third-order valence-electron chi connectivity index (χ3n) is 5.66. The summed E-state index contributed by atoms with van der Waals surface area (Å²) in [6, 6.07) is 17.6. The average Bonchev–Trinajstić information content (AvgIpc) is 3.29. The van der Waals surface area contributed by atoms with Gasteiger partial charge in [-0.3, -0.25) is 0 Å². The Hall–Kier alpha value is -3.19. The van der Waals surface area contributed by atoms with Crippen LogP contribution in [-0.2, 0) is 0 Å². The summed E-state index contributed by atoms with van der Waals surface area (Å²) in [6.07, 6.45) is 1.03. The van der Waals surface area contributed by atoms with Crippen molar-refractivity contribution in [2.24, 2.45) is 5.92 Å². The summed E-state index contributed by atoms with van der Waals surface area (Å²) in [7, 11) is 1.66. The SMILES string of the molecule is COc1ccc(C2NC(=S)N(CCC(C)C)C(C)=C2c2nc(-c3ccccc3)no2)cc1. The molecule has 4 rings (SSSR count). The molecule has 166 valence electrons. The van der Waals surface area contributed by atoms with Crippen LogP contribution < -0.4 is 10.1 Å². The summed E-state index contributed by atoms with van der Waals surface area (Å²) < 4.78 is 11.1. The first kappa shape index (κ1) is 22.0. The highest BCUT2D eigenvalue weighted by Gasteiger charge is 2.34. The molecule has 1 N–H and O–H groups in total. The van der Waals surface area contributed by atoms with Crippen LogP contribution in [0.5, 0.6) is 5.75 Å². The number of nitrogens with zero attached hydrogens (tertiary/aromatic N) is 3. The lowest BCUT2D eigenvalue weighted by atomic mass is 9.94. The maximum absolute atomic E-state index is 5.78. The van der Waals surface area contributed by atoms with Crippen LogP contribution in [0.1, 0.15) is 44.7 Å². The quantitative estimate of drug-likeness (QED) is 0.482. The second-order valence-corrected chi connectivity index (χ2v) is 8.66. The minimum Gasteiger partial charge on any atom is -0.497 e. The lowest BCUT2D eigenvalue weighted by Crippen LogP contribution is -2.46. The Morgan fingerprint density at radius 2 is 1.84 bits per heavy atom. The summed E-state index contributed by atoms with van der Waals surface area (Å²) in [6.45, 7) is 7.33. The minimum atomic E-state index is -0.201. The molecule has 0 fully saturated rings. The van der Waals surface area contributed by atoms with E-state index in [1.165, 1.54) is 0 Å². The standard InChI is InChI=1S/C25H28N4O2S/c1-16(2)14-15-29-17(3)21(24-27-23(28-31-24)19-8-6-5-7-9-19)22(26-25(29)32)18-10-12-20(30-4)13-11-18/h5-13,16,22H,14-15H2,1-4H3,(H,26,32). The molecule has 1 atom stereocenters. The molecule has 1 aliphatic heterocycles. The van der Waals surface area contributed by atoms with Crippen molar-refractivity contribution < 1.29 is 9.26 Å². The predicted octanol–water partition coefficient (Wildman–Crippen LogP) is 5.45. The van der Waals surface area contributed by atoms with Gasteiger partial charge in [-0.25, -0.2) is 0 Å². The minimum absolute atomic E-state index is 0.201. The van der Waals surface area contributed by atoms with Gasteiger partial charge in [-0.15, -0.1) is 0 Å². The molecule has 1 aromatic heterocycles. The molecule has 0 bridgehead atoms. The number of methoxy groups -OCH3 is 1. The normalized spacial score (nSPS) is 16.5. The fourth-order valence-electron chi connectivity index (χ4n) is 3.80. The molecule has 0 saturated carbocycles. The van der Waals surface area contributed by atoms with E-state index in [0.717, 1.165) is 41.1 Å². The molecular weight excluding hydrogens is 420 g/mol. The van der Waals surface area contributed by atoms with Crippen LogP contribution in [0.15, 0.2) is 64.8 Å². The van der Waals surface area contributed by atoms with E-state index < -0.39 is 0 Å². The second-order valence-electron chi connectivity index (χ2n) is 8.28. The zero-order valence-corrected chi connectivity index (χ0v) is 19.6. The molecule has 0 aliphatic carbocycles. The lowest BCUT2D eigenvalue weighted by Gasteiger charge is -2.37. The van der Waals surface area contributed by atoms with E-state index in [2.05, 4.69) is 36.1 Å². The van der Waals surface area contributed by atoms with Crippen LogP contribution in [0, 0.1) is 5.92 Å². The van der Waals surface area contributed by atoms with Gasteiger partial charge in [0.1, 0.15) is 5.75 Å². The Bertz CT molecular complexity index is 1110. The van der Waals surface area contributed by atoms with Crippen LogP contribution in [0.25, 0.3) is 17.0 Å². The van der Waals surface area contributed by atoms with Crippen molar-refractivity contribution in [1.29, 1.82) is 0 Å². The van der Waals surface area contributed by atoms with Gasteiger partial charge >= 0.3 is 0 Å². The number of hydrogen-bond donors (Lipinski definition) is 1. The Morgan fingerprint density at radius 3 is 2.50 bits per heavy atom. The Balaban J connectivity index is 1.77. The van der Waals surface area contributed by atoms with Crippen molar-refractivity contribution in [1.82, 2.24) is 20.4 Å². The summed E-state index contributed by atoms with van der Waals surface area (Å²) in [5.41, 5.74) is 3.92. The van der Waals surface area contributed by atoms with Gasteiger partial charge in [0.15, 0.2) is 5.11 Å². The van der Waals surface area contributed by atoms with E-state index in [1.807, 2.05) is 54.6 Å². The molecule has 2 heterocycles. The van der Waals surface area contributed by atoms with E-state index in [0.29, 0.717) is 22.7 Å². The summed E-state index contributed by atoms with van der Waals surface area (Å²) in [5, 5.41) is 8.46. The maximum Gasteiger partial charge on any atom is 0.258 e. The third-order valence-corrected chi connectivity index (χ3v) is 6.00. The highest BCUT2D eigenvalue weighted by Crippen LogP contribution is 2.38. The van der Waals surface area contributed by atoms with Crippen LogP contribution in [0.4, 0.5) is 0 Å². The van der Waals surface area contributed by atoms with E-state index in [-0.39, 0.29) is 6.04 Å². The van der Waals surface area contributed by atoms with Crippen LogP contribution in [-0.4, -0.2) is 33.8 Å². The van der Waals surface area contributed by atoms with Crippen molar-refractivity contribution >= 4 is 22.9 Å². The predicted molar refractivity (Wildman–Crippen MR) is 130 cm³/mol. The Kier molecular flexibility index (Phi) is 6.55. The van der Waals surface area contributed by atoms with Crippen molar-refractivity contribution in [3.05, 3.63) is 71.7 Å². The maximum atomic E-state index is 5.78. The fourth-order valence-corrected chi connectivity index (χ4v) is 4.14. The van der Waals surface area contributed by atoms with E-state index >= 15 is 0 Å². The van der Waals surface area contributed by atoms with E-state index in [4.69, 9.17) is 26.5 Å².